The predicted octanol–water partition coefficient (Wildman–Crippen LogP) is 3.98. The van der Waals surface area contributed by atoms with Crippen LogP contribution in [0.2, 0.25) is 0 Å². The lowest BCUT2D eigenvalue weighted by Crippen LogP contribution is -2.46. The number of fused-ring (bicyclic) bond motifs is 1. The van der Waals surface area contributed by atoms with Crippen LogP contribution >= 0.6 is 11.9 Å². The Morgan fingerprint density at radius 3 is 2.63 bits per heavy atom. The van der Waals surface area contributed by atoms with E-state index in [2.05, 4.69) is 9.39 Å². The number of ether oxygens (including phenoxy) is 2. The highest BCUT2D eigenvalue weighted by Crippen LogP contribution is 2.33. The van der Waals surface area contributed by atoms with Crippen LogP contribution in [-0.2, 0) is 21.2 Å². The van der Waals surface area contributed by atoms with Gasteiger partial charge in [0.25, 0.3) is 5.91 Å². The summed E-state index contributed by atoms with van der Waals surface area (Å²) in [6.45, 7) is 5.43. The van der Waals surface area contributed by atoms with Crippen LogP contribution in [0, 0.1) is 12.3 Å². The highest BCUT2D eigenvalue weighted by atomic mass is 32.2. The van der Waals surface area contributed by atoms with Crippen molar-refractivity contribution in [3.8, 4) is 11.5 Å². The van der Waals surface area contributed by atoms with Gasteiger partial charge in [0, 0.05) is 0 Å². The molecule has 11 heteroatoms. The lowest BCUT2D eigenvalue weighted by atomic mass is 10.1. The van der Waals surface area contributed by atoms with Gasteiger partial charge in [0.15, 0.2) is 11.5 Å². The van der Waals surface area contributed by atoms with E-state index in [-0.39, 0.29) is 21.7 Å². The van der Waals surface area contributed by atoms with Crippen molar-refractivity contribution in [3.05, 3.63) is 64.7 Å². The molecule has 0 saturated heterocycles. The highest BCUT2D eigenvalue weighted by Gasteiger charge is 2.43. The van der Waals surface area contributed by atoms with Crippen molar-refractivity contribution in [3.63, 3.8) is 0 Å². The predicted molar refractivity (Wildman–Crippen MR) is 138 cm³/mol. The molecule has 1 amide bonds. The second-order valence-electron chi connectivity index (χ2n) is 8.19. The Balaban J connectivity index is 1.61. The van der Waals surface area contributed by atoms with Crippen LogP contribution in [0.4, 0.5) is 0 Å². The van der Waals surface area contributed by atoms with E-state index in [9.17, 15) is 13.2 Å². The summed E-state index contributed by atoms with van der Waals surface area (Å²) in [6, 6.07) is 13.1. The molecule has 4 rings (SSSR count). The maximum Gasteiger partial charge on any atom is 0.283 e. The topological polar surface area (TPSA) is 121 Å². The van der Waals surface area contributed by atoms with E-state index >= 15 is 0 Å². The molecule has 9 nitrogen and oxygen atoms in total. The largest absolute Gasteiger partial charge is 0.493 e. The first kappa shape index (κ1) is 24.7. The monoisotopic (exact) mass is 512 g/mol. The van der Waals surface area contributed by atoms with Crippen LogP contribution in [-0.4, -0.2) is 47.8 Å². The molecular weight excluding hydrogens is 488 g/mol. The van der Waals surface area contributed by atoms with Gasteiger partial charge in [-0.1, -0.05) is 35.9 Å². The molecule has 0 aliphatic carbocycles. The van der Waals surface area contributed by atoms with Crippen molar-refractivity contribution >= 4 is 49.9 Å². The van der Waals surface area contributed by atoms with Gasteiger partial charge >= 0.3 is 0 Å². The van der Waals surface area contributed by atoms with Crippen LogP contribution in [0.25, 0.3) is 6.08 Å². The number of hydrogen-bond acceptors (Lipinski definition) is 8. The maximum absolute atomic E-state index is 12.7. The Hall–Kier alpha value is -3.44. The third-order valence-electron chi connectivity index (χ3n) is 5.34. The zero-order valence-electron chi connectivity index (χ0n) is 19.6. The average Bonchev–Trinajstić information content (AvgIpc) is 3.25. The minimum atomic E-state index is -3.78. The summed E-state index contributed by atoms with van der Waals surface area (Å²) in [5, 5.41) is 7.58. The van der Waals surface area contributed by atoms with Crippen molar-refractivity contribution in [2.45, 2.75) is 32.6 Å². The van der Waals surface area contributed by atoms with Crippen molar-refractivity contribution in [1.29, 1.82) is 5.41 Å². The standard InChI is InChI=1S/C24H24N4O5S2/c1-14(2)35(30,31)24-27-34-23-26-22(29)18(21(25)28(23)24)11-16-8-9-19(20(12-16)32-4)33-13-17-7-5-6-15(3)10-17/h5-12,14,25H,13H2,1-4H3/b18-11-,25-21?. The van der Waals surface area contributed by atoms with Gasteiger partial charge in [-0.2, -0.15) is 9.39 Å². The first-order chi connectivity index (χ1) is 16.6. The van der Waals surface area contributed by atoms with Crippen LogP contribution in [0.5, 0.6) is 11.5 Å². The normalized spacial score (nSPS) is 16.9. The number of amidine groups is 3. The number of aliphatic imine (C=N–C) groups is 1. The molecule has 0 bridgehead atoms. The van der Waals surface area contributed by atoms with Crippen molar-refractivity contribution in [2.24, 2.45) is 9.39 Å². The molecule has 0 atom stereocenters. The number of rotatable bonds is 6. The summed E-state index contributed by atoms with van der Waals surface area (Å²) in [7, 11) is -2.27. The molecule has 0 saturated carbocycles. The zero-order valence-corrected chi connectivity index (χ0v) is 21.2. The first-order valence-electron chi connectivity index (χ1n) is 10.7. The van der Waals surface area contributed by atoms with Gasteiger partial charge in [-0.25, -0.2) is 13.3 Å². The third kappa shape index (κ3) is 4.87. The molecule has 0 radical (unpaired) electrons. The number of carbonyl (C=O) groups excluding carboxylic acids is 1. The fourth-order valence-corrected chi connectivity index (χ4v) is 5.48. The van der Waals surface area contributed by atoms with Crippen LogP contribution in [0.15, 0.2) is 57.4 Å². The van der Waals surface area contributed by atoms with E-state index in [0.717, 1.165) is 28.0 Å². The first-order valence-corrected chi connectivity index (χ1v) is 13.0. The molecule has 0 fully saturated rings. The summed E-state index contributed by atoms with van der Waals surface area (Å²) in [5.74, 6) is 0.0276. The van der Waals surface area contributed by atoms with E-state index in [1.165, 1.54) is 27.0 Å². The third-order valence-corrected chi connectivity index (χ3v) is 8.19. The number of carbonyl (C=O) groups is 1. The Bertz CT molecular complexity index is 1410. The molecule has 0 unspecified atom stereocenters. The van der Waals surface area contributed by atoms with Crippen LogP contribution in [0.3, 0.4) is 0 Å². The van der Waals surface area contributed by atoms with Gasteiger partial charge < -0.3 is 9.47 Å². The molecule has 2 aromatic rings. The summed E-state index contributed by atoms with van der Waals surface area (Å²) < 4.78 is 40.8. The number of amides is 1. The Labute approximate surface area is 208 Å². The summed E-state index contributed by atoms with van der Waals surface area (Å²) in [6.07, 6.45) is 1.47. The van der Waals surface area contributed by atoms with Crippen molar-refractivity contribution < 1.29 is 22.7 Å². The molecule has 2 aliphatic rings. The number of nitrogens with one attached hydrogen (secondary N) is 1. The van der Waals surface area contributed by atoms with E-state index in [1.807, 2.05) is 31.2 Å². The molecule has 2 heterocycles. The SMILES string of the molecule is COc1cc(/C=C2/C(=N)N3C(=NC2=O)SN=C3S(=O)(=O)C(C)C)ccc1OCc1cccc(C)c1. The number of sulfone groups is 1. The number of benzene rings is 2. The van der Waals surface area contributed by atoms with E-state index in [4.69, 9.17) is 14.9 Å². The molecule has 35 heavy (non-hydrogen) atoms. The highest BCUT2D eigenvalue weighted by molar-refractivity contribution is 8.16. The zero-order chi connectivity index (χ0) is 25.3. The lowest BCUT2D eigenvalue weighted by Gasteiger charge is -2.25. The molecule has 1 N–H and O–H groups in total. The van der Waals surface area contributed by atoms with E-state index < -0.39 is 21.0 Å². The van der Waals surface area contributed by atoms with Gasteiger partial charge in [-0.05, 0) is 50.1 Å². The van der Waals surface area contributed by atoms with Gasteiger partial charge in [-0.3, -0.25) is 10.2 Å². The minimum absolute atomic E-state index is 0.0499. The number of nitrogens with zero attached hydrogens (tertiary/aromatic N) is 3. The van der Waals surface area contributed by atoms with Crippen molar-refractivity contribution in [1.82, 2.24) is 4.90 Å². The molecule has 2 aromatic carbocycles. The van der Waals surface area contributed by atoms with E-state index in [0.29, 0.717) is 23.7 Å². The Morgan fingerprint density at radius 2 is 1.94 bits per heavy atom. The molecule has 0 aromatic heterocycles. The fourth-order valence-electron chi connectivity index (χ4n) is 3.42. The number of methoxy groups -OCH3 is 1. The molecule has 182 valence electrons. The Morgan fingerprint density at radius 1 is 1.17 bits per heavy atom. The fraction of sp³-hybridized carbons (Fsp3) is 0.250. The van der Waals surface area contributed by atoms with Crippen LogP contribution < -0.4 is 9.47 Å². The summed E-state index contributed by atoms with van der Waals surface area (Å²) in [4.78, 5) is 17.7. The maximum atomic E-state index is 12.7. The lowest BCUT2D eigenvalue weighted by molar-refractivity contribution is -0.114. The minimum Gasteiger partial charge on any atom is -0.493 e. The van der Waals surface area contributed by atoms with Gasteiger partial charge in [-0.15, -0.1) is 0 Å². The van der Waals surface area contributed by atoms with Gasteiger partial charge in [0.1, 0.15) is 12.4 Å². The second-order valence-corrected chi connectivity index (χ2v) is 11.3. The van der Waals surface area contributed by atoms with Gasteiger partial charge in [0.2, 0.25) is 20.2 Å². The molecule has 2 aliphatic heterocycles. The van der Waals surface area contributed by atoms with Crippen LogP contribution in [0.1, 0.15) is 30.5 Å². The Kier molecular flexibility index (Phi) is 6.82. The summed E-state index contributed by atoms with van der Waals surface area (Å²) >= 11 is 0.766. The number of hydrogen-bond donors (Lipinski definition) is 1. The van der Waals surface area contributed by atoms with E-state index in [1.54, 1.807) is 18.2 Å². The molecular formula is C24H24N4O5S2. The van der Waals surface area contributed by atoms with Gasteiger partial charge in [0.05, 0.1) is 29.9 Å². The average molecular weight is 513 g/mol. The summed E-state index contributed by atoms with van der Waals surface area (Å²) in [5.41, 5.74) is 2.66. The second kappa shape index (κ2) is 9.67. The molecule has 0 spiro atoms. The number of aryl methyl sites for hydroxylation is 1. The van der Waals surface area contributed by atoms with Crippen molar-refractivity contribution in [2.75, 3.05) is 7.11 Å². The quantitative estimate of drug-likeness (QED) is 0.459. The smallest absolute Gasteiger partial charge is 0.283 e.